The Kier molecular flexibility index (Phi) is 5.24. The van der Waals surface area contributed by atoms with Crippen molar-refractivity contribution in [3.8, 4) is 6.07 Å². The van der Waals surface area contributed by atoms with Crippen LogP contribution in [0.25, 0.3) is 0 Å². The summed E-state index contributed by atoms with van der Waals surface area (Å²) in [5.74, 6) is 0.608. The Balaban J connectivity index is 2.29. The first-order chi connectivity index (χ1) is 6.76. The number of likely N-dealkylation sites (tertiary alicyclic amines) is 1. The number of alkyl halides is 1. The van der Waals surface area contributed by atoms with Crippen LogP contribution < -0.4 is 0 Å². The molecule has 0 bridgehead atoms. The molecule has 0 N–H and O–H groups in total. The second-order valence-corrected chi connectivity index (χ2v) is 4.35. The van der Waals surface area contributed by atoms with Gasteiger partial charge in [0.15, 0.2) is 0 Å². The minimum Gasteiger partial charge on any atom is -0.384 e. The number of nitriles is 1. The molecule has 0 aliphatic carbocycles. The Morgan fingerprint density at radius 1 is 1.71 bits per heavy atom. The Labute approximate surface area is 90.6 Å². The van der Waals surface area contributed by atoms with E-state index in [-0.39, 0.29) is 5.38 Å². The van der Waals surface area contributed by atoms with Gasteiger partial charge in [-0.2, -0.15) is 5.26 Å². The van der Waals surface area contributed by atoms with E-state index in [1.54, 1.807) is 7.11 Å². The highest BCUT2D eigenvalue weighted by molar-refractivity contribution is 6.22. The summed E-state index contributed by atoms with van der Waals surface area (Å²) in [5, 5.41) is 8.22. The second-order valence-electron chi connectivity index (χ2n) is 3.82. The maximum Gasteiger partial charge on any atom is 0.133 e. The second kappa shape index (κ2) is 6.23. The molecule has 1 fully saturated rings. The average molecular weight is 217 g/mol. The standard InChI is InChI=1S/C10H17ClN2O/c1-14-8-9-3-2-4-13(6-9)7-10(11)5-12/h9-10H,2-4,6-8H2,1H3. The SMILES string of the molecule is COCC1CCCN(CC(Cl)C#N)C1. The minimum absolute atomic E-state index is 0.378. The van der Waals surface area contributed by atoms with E-state index in [0.29, 0.717) is 12.5 Å². The molecule has 0 radical (unpaired) electrons. The van der Waals surface area contributed by atoms with Crippen LogP contribution in [0.3, 0.4) is 0 Å². The third-order valence-corrected chi connectivity index (χ3v) is 2.80. The van der Waals surface area contributed by atoms with Crippen molar-refractivity contribution in [2.45, 2.75) is 18.2 Å². The van der Waals surface area contributed by atoms with Gasteiger partial charge in [0.2, 0.25) is 0 Å². The van der Waals surface area contributed by atoms with Crippen LogP contribution in [0.5, 0.6) is 0 Å². The number of rotatable bonds is 4. The van der Waals surface area contributed by atoms with Gasteiger partial charge >= 0.3 is 0 Å². The fourth-order valence-corrected chi connectivity index (χ4v) is 2.15. The van der Waals surface area contributed by atoms with Crippen LogP contribution in [0.1, 0.15) is 12.8 Å². The zero-order valence-electron chi connectivity index (χ0n) is 8.58. The molecule has 1 saturated heterocycles. The van der Waals surface area contributed by atoms with Gasteiger partial charge in [-0.15, -0.1) is 11.6 Å². The van der Waals surface area contributed by atoms with Gasteiger partial charge in [0.1, 0.15) is 5.38 Å². The normalized spacial score (nSPS) is 25.6. The van der Waals surface area contributed by atoms with Crippen molar-refractivity contribution in [2.24, 2.45) is 5.92 Å². The molecule has 0 saturated carbocycles. The molecule has 2 atom stereocenters. The van der Waals surface area contributed by atoms with Gasteiger partial charge in [-0.25, -0.2) is 0 Å². The molecule has 0 amide bonds. The molecular weight excluding hydrogens is 200 g/mol. The maximum absolute atomic E-state index is 8.60. The number of methoxy groups -OCH3 is 1. The van der Waals surface area contributed by atoms with Gasteiger partial charge in [-0.1, -0.05) is 0 Å². The summed E-state index contributed by atoms with van der Waals surface area (Å²) in [4.78, 5) is 2.26. The summed E-state index contributed by atoms with van der Waals surface area (Å²) >= 11 is 5.79. The molecule has 1 aliphatic heterocycles. The van der Waals surface area contributed by atoms with E-state index in [1.807, 2.05) is 0 Å². The molecule has 4 heteroatoms. The third kappa shape index (κ3) is 3.83. The first kappa shape index (κ1) is 11.8. The predicted molar refractivity (Wildman–Crippen MR) is 56.3 cm³/mol. The molecule has 0 aromatic heterocycles. The highest BCUT2D eigenvalue weighted by Crippen LogP contribution is 2.17. The number of ether oxygens (including phenoxy) is 1. The molecule has 2 unspecified atom stereocenters. The molecule has 1 heterocycles. The fourth-order valence-electron chi connectivity index (χ4n) is 1.96. The van der Waals surface area contributed by atoms with Crippen LogP contribution in [-0.2, 0) is 4.74 Å². The van der Waals surface area contributed by atoms with Crippen LogP contribution in [0.4, 0.5) is 0 Å². The fraction of sp³-hybridized carbons (Fsp3) is 0.900. The number of halogens is 1. The van der Waals surface area contributed by atoms with Gasteiger partial charge < -0.3 is 9.64 Å². The van der Waals surface area contributed by atoms with Crippen molar-refractivity contribution >= 4 is 11.6 Å². The first-order valence-electron chi connectivity index (χ1n) is 5.01. The quantitative estimate of drug-likeness (QED) is 0.668. The van der Waals surface area contributed by atoms with Crippen molar-refractivity contribution < 1.29 is 4.74 Å². The highest BCUT2D eigenvalue weighted by atomic mass is 35.5. The molecule has 1 aliphatic rings. The smallest absolute Gasteiger partial charge is 0.133 e. The Hall–Kier alpha value is -0.300. The van der Waals surface area contributed by atoms with Gasteiger partial charge in [-0.05, 0) is 25.3 Å². The Morgan fingerprint density at radius 2 is 2.50 bits per heavy atom. The van der Waals surface area contributed by atoms with E-state index in [0.717, 1.165) is 19.7 Å². The average Bonchev–Trinajstić information content (AvgIpc) is 2.19. The van der Waals surface area contributed by atoms with Crippen LogP contribution in [-0.4, -0.2) is 43.6 Å². The van der Waals surface area contributed by atoms with E-state index >= 15 is 0 Å². The van der Waals surface area contributed by atoms with Crippen LogP contribution in [0.15, 0.2) is 0 Å². The number of hydrogen-bond donors (Lipinski definition) is 0. The summed E-state index contributed by atoms with van der Waals surface area (Å²) in [6.45, 7) is 3.57. The molecule has 0 aromatic carbocycles. The zero-order chi connectivity index (χ0) is 10.4. The molecule has 80 valence electrons. The molecule has 14 heavy (non-hydrogen) atoms. The highest BCUT2D eigenvalue weighted by Gasteiger charge is 2.21. The number of piperidine rings is 1. The largest absolute Gasteiger partial charge is 0.384 e. The van der Waals surface area contributed by atoms with Gasteiger partial charge in [0.05, 0.1) is 12.7 Å². The van der Waals surface area contributed by atoms with Crippen molar-refractivity contribution in [1.82, 2.24) is 4.90 Å². The number of hydrogen-bond acceptors (Lipinski definition) is 3. The molecule has 3 nitrogen and oxygen atoms in total. The van der Waals surface area contributed by atoms with Crippen LogP contribution >= 0.6 is 11.6 Å². The van der Waals surface area contributed by atoms with E-state index in [2.05, 4.69) is 11.0 Å². The minimum atomic E-state index is -0.378. The van der Waals surface area contributed by atoms with Crippen molar-refractivity contribution in [1.29, 1.82) is 5.26 Å². The lowest BCUT2D eigenvalue weighted by Gasteiger charge is -2.32. The maximum atomic E-state index is 8.60. The molecule has 0 spiro atoms. The molecule has 0 aromatic rings. The van der Waals surface area contributed by atoms with Crippen molar-refractivity contribution in [3.63, 3.8) is 0 Å². The van der Waals surface area contributed by atoms with Gasteiger partial charge in [-0.3, -0.25) is 0 Å². The summed E-state index contributed by atoms with van der Waals surface area (Å²) in [5.41, 5.74) is 0. The van der Waals surface area contributed by atoms with E-state index in [9.17, 15) is 0 Å². The molecule has 1 rings (SSSR count). The third-order valence-electron chi connectivity index (χ3n) is 2.56. The van der Waals surface area contributed by atoms with Crippen LogP contribution in [0, 0.1) is 17.2 Å². The Morgan fingerprint density at radius 3 is 3.14 bits per heavy atom. The van der Waals surface area contributed by atoms with Gasteiger partial charge in [0.25, 0.3) is 0 Å². The topological polar surface area (TPSA) is 36.3 Å². The summed E-state index contributed by atoms with van der Waals surface area (Å²) in [7, 11) is 1.73. The predicted octanol–water partition coefficient (Wildman–Crippen LogP) is 1.48. The summed E-state index contributed by atoms with van der Waals surface area (Å²) in [6, 6.07) is 2.05. The Bertz CT molecular complexity index is 203. The van der Waals surface area contributed by atoms with Gasteiger partial charge in [0, 0.05) is 20.2 Å². The van der Waals surface area contributed by atoms with E-state index < -0.39 is 0 Å². The lowest BCUT2D eigenvalue weighted by atomic mass is 9.99. The zero-order valence-corrected chi connectivity index (χ0v) is 9.33. The lowest BCUT2D eigenvalue weighted by Crippen LogP contribution is -2.39. The lowest BCUT2D eigenvalue weighted by molar-refractivity contribution is 0.0921. The first-order valence-corrected chi connectivity index (χ1v) is 5.45. The number of nitrogens with zero attached hydrogens (tertiary/aromatic N) is 2. The van der Waals surface area contributed by atoms with Crippen molar-refractivity contribution in [2.75, 3.05) is 33.4 Å². The van der Waals surface area contributed by atoms with Crippen LogP contribution in [0.2, 0.25) is 0 Å². The van der Waals surface area contributed by atoms with E-state index in [4.69, 9.17) is 21.6 Å². The summed E-state index contributed by atoms with van der Waals surface area (Å²) < 4.78 is 5.14. The monoisotopic (exact) mass is 216 g/mol. The summed E-state index contributed by atoms with van der Waals surface area (Å²) in [6.07, 6.45) is 2.41. The van der Waals surface area contributed by atoms with E-state index in [1.165, 1.54) is 12.8 Å². The molecular formula is C10H17ClN2O. The van der Waals surface area contributed by atoms with Crippen molar-refractivity contribution in [3.05, 3.63) is 0 Å².